The Morgan fingerprint density at radius 1 is 1.23 bits per heavy atom. The van der Waals surface area contributed by atoms with Crippen molar-refractivity contribution in [2.24, 2.45) is 0 Å². The molecule has 0 saturated carbocycles. The standard InChI is InChI=1S/C19H24O3/c1-21-17-12-13-19(22-2)16(14-17)10-6-7-11-18(20)15-8-4-3-5-9-15/h8,12-14,18,20H,3-5,7,9,11H2,1-2H3/t18-/m1/s1. The highest BCUT2D eigenvalue weighted by molar-refractivity contribution is 5.50. The van der Waals surface area contributed by atoms with E-state index in [2.05, 4.69) is 17.9 Å². The maximum Gasteiger partial charge on any atom is 0.134 e. The predicted octanol–water partition coefficient (Wildman–Crippen LogP) is 3.70. The van der Waals surface area contributed by atoms with Gasteiger partial charge in [-0.05, 0) is 55.9 Å². The normalized spacial score (nSPS) is 15.3. The van der Waals surface area contributed by atoms with E-state index in [9.17, 15) is 5.11 Å². The van der Waals surface area contributed by atoms with Crippen LogP contribution in [-0.2, 0) is 0 Å². The number of allylic oxidation sites excluding steroid dienone is 1. The number of hydrogen-bond donors (Lipinski definition) is 1. The Hall–Kier alpha value is -1.92. The first-order valence-electron chi connectivity index (χ1n) is 7.82. The van der Waals surface area contributed by atoms with E-state index in [0.717, 1.165) is 29.9 Å². The second kappa shape index (κ2) is 8.51. The van der Waals surface area contributed by atoms with E-state index >= 15 is 0 Å². The van der Waals surface area contributed by atoms with Crippen molar-refractivity contribution in [1.82, 2.24) is 0 Å². The zero-order valence-corrected chi connectivity index (χ0v) is 13.4. The van der Waals surface area contributed by atoms with Crippen LogP contribution in [0.3, 0.4) is 0 Å². The van der Waals surface area contributed by atoms with Gasteiger partial charge >= 0.3 is 0 Å². The third-order valence-electron chi connectivity index (χ3n) is 3.93. The molecule has 1 atom stereocenters. The second-order valence-corrected chi connectivity index (χ2v) is 5.45. The molecule has 1 aliphatic rings. The summed E-state index contributed by atoms with van der Waals surface area (Å²) in [5, 5.41) is 10.2. The summed E-state index contributed by atoms with van der Waals surface area (Å²) >= 11 is 0. The van der Waals surface area contributed by atoms with E-state index in [-0.39, 0.29) is 6.10 Å². The van der Waals surface area contributed by atoms with Gasteiger partial charge in [0.2, 0.25) is 0 Å². The first kappa shape index (κ1) is 16.5. The maximum atomic E-state index is 10.2. The monoisotopic (exact) mass is 300 g/mol. The topological polar surface area (TPSA) is 38.7 Å². The molecule has 118 valence electrons. The van der Waals surface area contributed by atoms with Gasteiger partial charge in [-0.3, -0.25) is 0 Å². The van der Waals surface area contributed by atoms with Crippen LogP contribution in [0, 0.1) is 11.8 Å². The average molecular weight is 300 g/mol. The summed E-state index contributed by atoms with van der Waals surface area (Å²) in [6.07, 6.45) is 7.75. The van der Waals surface area contributed by atoms with Gasteiger partial charge in [-0.25, -0.2) is 0 Å². The Bertz CT molecular complexity index is 578. The minimum absolute atomic E-state index is 0.346. The lowest BCUT2D eigenvalue weighted by Gasteiger charge is -2.17. The fourth-order valence-corrected chi connectivity index (χ4v) is 2.63. The highest BCUT2D eigenvalue weighted by Crippen LogP contribution is 2.24. The zero-order chi connectivity index (χ0) is 15.8. The van der Waals surface area contributed by atoms with E-state index in [1.54, 1.807) is 14.2 Å². The average Bonchev–Trinajstić information content (AvgIpc) is 2.59. The molecule has 1 aromatic rings. The van der Waals surface area contributed by atoms with Crippen molar-refractivity contribution in [3.8, 4) is 23.3 Å². The summed E-state index contributed by atoms with van der Waals surface area (Å²) in [7, 11) is 3.26. The van der Waals surface area contributed by atoms with Gasteiger partial charge in [-0.2, -0.15) is 0 Å². The third-order valence-corrected chi connectivity index (χ3v) is 3.93. The second-order valence-electron chi connectivity index (χ2n) is 5.45. The summed E-state index contributed by atoms with van der Waals surface area (Å²) in [5.74, 6) is 7.74. The molecule has 0 radical (unpaired) electrons. The molecule has 0 bridgehead atoms. The van der Waals surface area contributed by atoms with E-state index in [4.69, 9.17) is 9.47 Å². The molecule has 0 fully saturated rings. The Morgan fingerprint density at radius 3 is 2.77 bits per heavy atom. The molecule has 0 aromatic heterocycles. The Labute approximate surface area is 133 Å². The summed E-state index contributed by atoms with van der Waals surface area (Å²) in [6.45, 7) is 0. The highest BCUT2D eigenvalue weighted by Gasteiger charge is 2.12. The molecule has 0 aliphatic heterocycles. The fraction of sp³-hybridized carbons (Fsp3) is 0.474. The lowest BCUT2D eigenvalue weighted by atomic mass is 9.93. The Kier molecular flexibility index (Phi) is 6.36. The largest absolute Gasteiger partial charge is 0.497 e. The number of benzene rings is 1. The van der Waals surface area contributed by atoms with Crippen LogP contribution in [-0.4, -0.2) is 25.4 Å². The molecule has 1 aromatic carbocycles. The van der Waals surface area contributed by atoms with Gasteiger partial charge in [0.05, 0.1) is 25.9 Å². The van der Waals surface area contributed by atoms with Crippen LogP contribution in [0.4, 0.5) is 0 Å². The summed E-state index contributed by atoms with van der Waals surface area (Å²) in [5.41, 5.74) is 2.00. The van der Waals surface area contributed by atoms with Crippen molar-refractivity contribution < 1.29 is 14.6 Å². The molecule has 0 unspecified atom stereocenters. The van der Waals surface area contributed by atoms with Crippen LogP contribution >= 0.6 is 0 Å². The molecule has 0 heterocycles. The lowest BCUT2D eigenvalue weighted by molar-refractivity contribution is 0.195. The third kappa shape index (κ3) is 4.54. The van der Waals surface area contributed by atoms with Crippen LogP contribution in [0.2, 0.25) is 0 Å². The van der Waals surface area contributed by atoms with Gasteiger partial charge in [0.15, 0.2) is 0 Å². The van der Waals surface area contributed by atoms with Gasteiger partial charge in [0, 0.05) is 6.42 Å². The molecule has 0 saturated heterocycles. The molecular weight excluding hydrogens is 276 g/mol. The van der Waals surface area contributed by atoms with E-state index < -0.39 is 0 Å². The van der Waals surface area contributed by atoms with Crippen molar-refractivity contribution in [1.29, 1.82) is 0 Å². The minimum Gasteiger partial charge on any atom is -0.497 e. The molecule has 1 N–H and O–H groups in total. The van der Waals surface area contributed by atoms with Crippen LogP contribution in [0.25, 0.3) is 0 Å². The SMILES string of the molecule is COc1ccc(OC)c(C#CCC[C@@H](O)C2=CCCCC2)c1. The molecular formula is C19H24O3. The molecule has 2 rings (SSSR count). The summed E-state index contributed by atoms with van der Waals surface area (Å²) < 4.78 is 10.5. The quantitative estimate of drug-likeness (QED) is 0.665. The first-order valence-corrected chi connectivity index (χ1v) is 7.82. The molecule has 3 heteroatoms. The van der Waals surface area contributed by atoms with Crippen molar-refractivity contribution in [2.75, 3.05) is 14.2 Å². The van der Waals surface area contributed by atoms with Gasteiger partial charge < -0.3 is 14.6 Å². The van der Waals surface area contributed by atoms with Crippen molar-refractivity contribution in [3.05, 3.63) is 35.4 Å². The van der Waals surface area contributed by atoms with Crippen molar-refractivity contribution >= 4 is 0 Å². The van der Waals surface area contributed by atoms with Crippen LogP contribution in [0.1, 0.15) is 44.1 Å². The van der Waals surface area contributed by atoms with Crippen LogP contribution in [0.5, 0.6) is 11.5 Å². The summed E-state index contributed by atoms with van der Waals surface area (Å²) in [6, 6.07) is 5.57. The molecule has 22 heavy (non-hydrogen) atoms. The van der Waals surface area contributed by atoms with E-state index in [1.165, 1.54) is 18.4 Å². The van der Waals surface area contributed by atoms with Crippen LogP contribution < -0.4 is 9.47 Å². The zero-order valence-electron chi connectivity index (χ0n) is 13.4. The number of methoxy groups -OCH3 is 2. The van der Waals surface area contributed by atoms with Gasteiger partial charge in [-0.1, -0.05) is 17.9 Å². The van der Waals surface area contributed by atoms with E-state index in [1.807, 2.05) is 18.2 Å². The number of rotatable bonds is 5. The summed E-state index contributed by atoms with van der Waals surface area (Å²) in [4.78, 5) is 0. The lowest BCUT2D eigenvalue weighted by Crippen LogP contribution is -2.12. The predicted molar refractivity (Wildman–Crippen MR) is 88.2 cm³/mol. The van der Waals surface area contributed by atoms with Gasteiger partial charge in [0.25, 0.3) is 0 Å². The minimum atomic E-state index is -0.346. The molecule has 0 spiro atoms. The highest BCUT2D eigenvalue weighted by atomic mass is 16.5. The van der Waals surface area contributed by atoms with Crippen molar-refractivity contribution in [3.63, 3.8) is 0 Å². The molecule has 1 aliphatic carbocycles. The van der Waals surface area contributed by atoms with Crippen molar-refractivity contribution in [2.45, 2.75) is 44.6 Å². The smallest absolute Gasteiger partial charge is 0.134 e. The number of aliphatic hydroxyl groups excluding tert-OH is 1. The van der Waals surface area contributed by atoms with Gasteiger partial charge in [-0.15, -0.1) is 0 Å². The van der Waals surface area contributed by atoms with Crippen LogP contribution in [0.15, 0.2) is 29.8 Å². The van der Waals surface area contributed by atoms with Gasteiger partial charge in [0.1, 0.15) is 11.5 Å². The fourth-order valence-electron chi connectivity index (χ4n) is 2.63. The molecule has 0 amide bonds. The number of hydrogen-bond acceptors (Lipinski definition) is 3. The molecule has 3 nitrogen and oxygen atoms in total. The van der Waals surface area contributed by atoms with E-state index in [0.29, 0.717) is 12.8 Å². The maximum absolute atomic E-state index is 10.2. The Balaban J connectivity index is 1.94. The number of aliphatic hydroxyl groups is 1. The number of ether oxygens (including phenoxy) is 2. The first-order chi connectivity index (χ1) is 10.7. The Morgan fingerprint density at radius 2 is 2.09 bits per heavy atom.